The molecule has 0 spiro atoms. The molecule has 0 aliphatic rings. The van der Waals surface area contributed by atoms with Crippen molar-refractivity contribution in [3.63, 3.8) is 0 Å². The molecule has 15 heavy (non-hydrogen) atoms. The summed E-state index contributed by atoms with van der Waals surface area (Å²) >= 11 is 3.61. The highest BCUT2D eigenvalue weighted by Gasteiger charge is 2.16. The number of aromatic nitrogens is 1. The third-order valence-corrected chi connectivity index (χ3v) is 4.51. The standard InChI is InChI=1S/C11H20N2S2/c1-4-6-12-10(5-2)9(3)15-11-13-7-8-14-11/h7-10,12H,4-6H2,1-3H3. The number of thioether (sulfide) groups is 1. The van der Waals surface area contributed by atoms with Crippen LogP contribution in [0, 0.1) is 0 Å². The van der Waals surface area contributed by atoms with Gasteiger partial charge in [0.25, 0.3) is 0 Å². The fourth-order valence-electron chi connectivity index (χ4n) is 1.48. The zero-order chi connectivity index (χ0) is 11.1. The second-order valence-corrected chi connectivity index (χ2v) is 6.11. The van der Waals surface area contributed by atoms with Crippen LogP contribution in [-0.2, 0) is 0 Å². The lowest BCUT2D eigenvalue weighted by atomic mass is 10.1. The topological polar surface area (TPSA) is 24.9 Å². The van der Waals surface area contributed by atoms with E-state index in [1.807, 2.05) is 23.3 Å². The smallest absolute Gasteiger partial charge is 0.150 e. The molecule has 0 bridgehead atoms. The second-order valence-electron chi connectivity index (χ2n) is 3.59. The van der Waals surface area contributed by atoms with Gasteiger partial charge in [0.1, 0.15) is 4.34 Å². The summed E-state index contributed by atoms with van der Waals surface area (Å²) in [6, 6.07) is 0.596. The Bertz CT molecular complexity index is 249. The molecule has 0 saturated carbocycles. The van der Waals surface area contributed by atoms with Crippen molar-refractivity contribution in [1.82, 2.24) is 10.3 Å². The molecule has 1 rings (SSSR count). The van der Waals surface area contributed by atoms with Crippen molar-refractivity contribution in [2.75, 3.05) is 6.54 Å². The molecule has 86 valence electrons. The third-order valence-electron chi connectivity index (χ3n) is 2.36. The first-order chi connectivity index (χ1) is 7.27. The maximum Gasteiger partial charge on any atom is 0.150 e. The van der Waals surface area contributed by atoms with E-state index in [1.165, 1.54) is 17.2 Å². The Labute approximate surface area is 101 Å². The van der Waals surface area contributed by atoms with Crippen molar-refractivity contribution in [2.45, 2.75) is 49.2 Å². The van der Waals surface area contributed by atoms with Crippen molar-refractivity contribution >= 4 is 23.1 Å². The SMILES string of the molecule is CCCNC(CC)C(C)Sc1nccs1. The van der Waals surface area contributed by atoms with E-state index in [0.717, 1.165) is 6.54 Å². The number of thiazole rings is 1. The molecule has 1 aromatic heterocycles. The first-order valence-corrected chi connectivity index (χ1v) is 7.33. The molecule has 1 N–H and O–H groups in total. The molecule has 0 fully saturated rings. The molecule has 2 nitrogen and oxygen atoms in total. The van der Waals surface area contributed by atoms with Gasteiger partial charge in [-0.2, -0.15) is 0 Å². The van der Waals surface area contributed by atoms with Crippen LogP contribution in [0.3, 0.4) is 0 Å². The largest absolute Gasteiger partial charge is 0.313 e. The number of nitrogens with zero attached hydrogens (tertiary/aromatic N) is 1. The summed E-state index contributed by atoms with van der Waals surface area (Å²) in [5.74, 6) is 0. The molecule has 0 saturated heterocycles. The second kappa shape index (κ2) is 7.25. The lowest BCUT2D eigenvalue weighted by molar-refractivity contribution is 0.494. The Morgan fingerprint density at radius 1 is 1.53 bits per heavy atom. The molecule has 4 heteroatoms. The normalized spacial score (nSPS) is 15.1. The van der Waals surface area contributed by atoms with Crippen LogP contribution >= 0.6 is 23.1 Å². The van der Waals surface area contributed by atoms with Crippen LogP contribution in [0.25, 0.3) is 0 Å². The zero-order valence-electron chi connectivity index (χ0n) is 9.69. The van der Waals surface area contributed by atoms with Gasteiger partial charge in [-0.3, -0.25) is 0 Å². The molecule has 0 radical (unpaired) electrons. The van der Waals surface area contributed by atoms with Crippen LogP contribution in [0.1, 0.15) is 33.6 Å². The van der Waals surface area contributed by atoms with Gasteiger partial charge in [-0.05, 0) is 19.4 Å². The molecular weight excluding hydrogens is 224 g/mol. The van der Waals surface area contributed by atoms with Crippen LogP contribution < -0.4 is 5.32 Å². The minimum atomic E-state index is 0.590. The van der Waals surface area contributed by atoms with Gasteiger partial charge in [-0.15, -0.1) is 11.3 Å². The maximum atomic E-state index is 4.31. The summed E-state index contributed by atoms with van der Waals surface area (Å²) in [4.78, 5) is 4.31. The van der Waals surface area contributed by atoms with Gasteiger partial charge in [0.05, 0.1) is 0 Å². The number of hydrogen-bond acceptors (Lipinski definition) is 4. The Hall–Kier alpha value is -0.0600. The minimum absolute atomic E-state index is 0.590. The van der Waals surface area contributed by atoms with E-state index in [0.29, 0.717) is 11.3 Å². The first kappa shape index (κ1) is 13.0. The van der Waals surface area contributed by atoms with Crippen LogP contribution in [0.15, 0.2) is 15.9 Å². The molecule has 1 heterocycles. The van der Waals surface area contributed by atoms with Gasteiger partial charge in [-0.1, -0.05) is 32.5 Å². The summed E-state index contributed by atoms with van der Waals surface area (Å²) < 4.78 is 1.18. The van der Waals surface area contributed by atoms with Gasteiger partial charge in [0.2, 0.25) is 0 Å². The summed E-state index contributed by atoms with van der Waals surface area (Å²) in [6.45, 7) is 7.84. The summed E-state index contributed by atoms with van der Waals surface area (Å²) in [6.07, 6.45) is 4.25. The molecule has 2 unspecified atom stereocenters. The van der Waals surface area contributed by atoms with Gasteiger partial charge in [0, 0.05) is 22.9 Å². The zero-order valence-corrected chi connectivity index (χ0v) is 11.3. The third kappa shape index (κ3) is 4.53. The summed E-state index contributed by atoms with van der Waals surface area (Å²) in [5, 5.41) is 6.21. The highest BCUT2D eigenvalue weighted by molar-refractivity contribution is 8.01. The van der Waals surface area contributed by atoms with E-state index in [2.05, 4.69) is 31.1 Å². The van der Waals surface area contributed by atoms with Gasteiger partial charge in [-0.25, -0.2) is 4.98 Å². The molecule has 0 aliphatic carbocycles. The van der Waals surface area contributed by atoms with E-state index in [4.69, 9.17) is 0 Å². The fourth-order valence-corrected chi connectivity index (χ4v) is 3.58. The van der Waals surface area contributed by atoms with Gasteiger partial charge >= 0.3 is 0 Å². The predicted octanol–water partition coefficient (Wildman–Crippen LogP) is 3.40. The molecule has 0 aliphatic heterocycles. The Morgan fingerprint density at radius 2 is 2.33 bits per heavy atom. The molecule has 2 atom stereocenters. The molecule has 1 aromatic rings. The number of nitrogens with one attached hydrogen (secondary N) is 1. The van der Waals surface area contributed by atoms with Crippen molar-refractivity contribution < 1.29 is 0 Å². The van der Waals surface area contributed by atoms with Gasteiger partial charge in [0.15, 0.2) is 0 Å². The monoisotopic (exact) mass is 244 g/mol. The van der Waals surface area contributed by atoms with E-state index in [1.54, 1.807) is 11.3 Å². The van der Waals surface area contributed by atoms with E-state index >= 15 is 0 Å². The fraction of sp³-hybridized carbons (Fsp3) is 0.727. The summed E-state index contributed by atoms with van der Waals surface area (Å²) in [5.41, 5.74) is 0. The Kier molecular flexibility index (Phi) is 6.29. The highest BCUT2D eigenvalue weighted by Crippen LogP contribution is 2.27. The Morgan fingerprint density at radius 3 is 2.87 bits per heavy atom. The average Bonchev–Trinajstić information content (AvgIpc) is 2.71. The van der Waals surface area contributed by atoms with Crippen LogP contribution in [0.5, 0.6) is 0 Å². The van der Waals surface area contributed by atoms with E-state index < -0.39 is 0 Å². The Balaban J connectivity index is 2.39. The number of hydrogen-bond donors (Lipinski definition) is 1. The van der Waals surface area contributed by atoms with Gasteiger partial charge < -0.3 is 5.32 Å². The maximum absolute atomic E-state index is 4.31. The number of rotatable bonds is 7. The minimum Gasteiger partial charge on any atom is -0.313 e. The van der Waals surface area contributed by atoms with Crippen LogP contribution in [0.2, 0.25) is 0 Å². The first-order valence-electron chi connectivity index (χ1n) is 5.57. The quantitative estimate of drug-likeness (QED) is 0.744. The lowest BCUT2D eigenvalue weighted by Gasteiger charge is -2.22. The van der Waals surface area contributed by atoms with Crippen molar-refractivity contribution in [3.05, 3.63) is 11.6 Å². The predicted molar refractivity (Wildman–Crippen MR) is 69.8 cm³/mol. The van der Waals surface area contributed by atoms with Crippen LogP contribution in [-0.4, -0.2) is 22.8 Å². The van der Waals surface area contributed by atoms with Crippen molar-refractivity contribution in [1.29, 1.82) is 0 Å². The summed E-state index contributed by atoms with van der Waals surface area (Å²) in [7, 11) is 0. The lowest BCUT2D eigenvalue weighted by Crippen LogP contribution is -2.36. The molecule has 0 aromatic carbocycles. The molecular formula is C11H20N2S2. The highest BCUT2D eigenvalue weighted by atomic mass is 32.2. The average molecular weight is 244 g/mol. The van der Waals surface area contributed by atoms with E-state index in [-0.39, 0.29) is 0 Å². The molecule has 0 amide bonds. The van der Waals surface area contributed by atoms with Crippen molar-refractivity contribution in [3.8, 4) is 0 Å². The van der Waals surface area contributed by atoms with E-state index in [9.17, 15) is 0 Å². The van der Waals surface area contributed by atoms with Crippen molar-refractivity contribution in [2.24, 2.45) is 0 Å². The van der Waals surface area contributed by atoms with Crippen LogP contribution in [0.4, 0.5) is 0 Å².